The number of rotatable bonds is 7. The number of benzene rings is 2. The second-order valence-corrected chi connectivity index (χ2v) is 9.52. The normalized spacial score (nSPS) is 13.6. The van der Waals surface area contributed by atoms with E-state index in [4.69, 9.17) is 14.3 Å². The molecule has 6 nitrogen and oxygen atoms in total. The second-order valence-electron chi connectivity index (χ2n) is 5.77. The van der Waals surface area contributed by atoms with E-state index in [-0.39, 0.29) is 12.0 Å². The van der Waals surface area contributed by atoms with Crippen LogP contribution >= 0.6 is 7.60 Å². The van der Waals surface area contributed by atoms with Gasteiger partial charge in [-0.05, 0) is 42.5 Å². The molecule has 0 aliphatic rings. The van der Waals surface area contributed by atoms with Crippen LogP contribution < -0.4 is 0 Å². The molecule has 142 valence electrons. The Hall–Kier alpha value is -1.64. The molecule has 0 aliphatic heterocycles. The molecule has 1 atom stereocenters. The maximum Gasteiger partial charge on any atom is 0.346 e. The molecule has 0 aromatic heterocycles. The van der Waals surface area contributed by atoms with Crippen LogP contribution in [0.5, 0.6) is 0 Å². The van der Waals surface area contributed by atoms with Crippen molar-refractivity contribution in [2.24, 2.45) is 0 Å². The second kappa shape index (κ2) is 7.94. The Morgan fingerprint density at radius 1 is 1.04 bits per heavy atom. The Labute approximate surface area is 149 Å². The Kier molecular flexibility index (Phi) is 6.31. The van der Waals surface area contributed by atoms with Crippen molar-refractivity contribution in [3.63, 3.8) is 0 Å². The zero-order valence-corrected chi connectivity index (χ0v) is 15.1. The van der Waals surface area contributed by atoms with E-state index < -0.39 is 40.8 Å². The predicted octanol–water partition coefficient (Wildman–Crippen LogP) is 3.35. The molecule has 1 unspecified atom stereocenters. The first-order valence-electron chi connectivity index (χ1n) is 7.54. The third kappa shape index (κ3) is 5.43. The summed E-state index contributed by atoms with van der Waals surface area (Å²) in [6, 6.07) is 9.75. The monoisotopic (exact) mass is 406 g/mol. The standard InChI is InChI=1S/C16H17F2O6PS/c17-13-8-9-14(15(18)10-13)12-6-4-11(5-7-12)2-1-3-16(25(19,20)21)26(22,23)24/h4-10,16H,1-3H2,(H2,19,20,21)(H,22,23,24). The topological polar surface area (TPSA) is 112 Å². The summed E-state index contributed by atoms with van der Waals surface area (Å²) in [5.74, 6) is -1.38. The van der Waals surface area contributed by atoms with Gasteiger partial charge in [-0.1, -0.05) is 24.3 Å². The highest BCUT2D eigenvalue weighted by Gasteiger charge is 2.38. The van der Waals surface area contributed by atoms with Crippen molar-refractivity contribution in [2.45, 2.75) is 24.3 Å². The Balaban J connectivity index is 2.05. The van der Waals surface area contributed by atoms with Crippen molar-refractivity contribution in [2.75, 3.05) is 0 Å². The van der Waals surface area contributed by atoms with Gasteiger partial charge < -0.3 is 9.79 Å². The first kappa shape index (κ1) is 20.7. The van der Waals surface area contributed by atoms with Gasteiger partial charge in [0.05, 0.1) is 0 Å². The van der Waals surface area contributed by atoms with Gasteiger partial charge in [0.1, 0.15) is 11.6 Å². The maximum absolute atomic E-state index is 13.8. The minimum atomic E-state index is -4.99. The van der Waals surface area contributed by atoms with Crippen molar-refractivity contribution >= 4 is 17.7 Å². The summed E-state index contributed by atoms with van der Waals surface area (Å²) in [5.41, 5.74) is 1.49. The zero-order valence-electron chi connectivity index (χ0n) is 13.4. The third-order valence-electron chi connectivity index (χ3n) is 3.83. The summed E-state index contributed by atoms with van der Waals surface area (Å²) in [6.45, 7) is 0. The van der Waals surface area contributed by atoms with Crippen molar-refractivity contribution < 1.29 is 36.1 Å². The van der Waals surface area contributed by atoms with Gasteiger partial charge in [-0.15, -0.1) is 0 Å². The summed E-state index contributed by atoms with van der Waals surface area (Å²) in [5, 5.41) is 0. The summed E-state index contributed by atoms with van der Waals surface area (Å²) < 4.78 is 69.0. The lowest BCUT2D eigenvalue weighted by Gasteiger charge is -2.15. The molecule has 3 N–H and O–H groups in total. The van der Waals surface area contributed by atoms with E-state index in [0.29, 0.717) is 12.0 Å². The smallest absolute Gasteiger partial charge is 0.323 e. The summed E-state index contributed by atoms with van der Waals surface area (Å²) in [6.07, 6.45) is 0.00940. The van der Waals surface area contributed by atoms with Gasteiger partial charge in [-0.25, -0.2) is 8.78 Å². The molecule has 0 spiro atoms. The van der Waals surface area contributed by atoms with Gasteiger partial charge in [0.25, 0.3) is 10.1 Å². The molecule has 0 saturated carbocycles. The van der Waals surface area contributed by atoms with Gasteiger partial charge in [0.2, 0.25) is 0 Å². The fourth-order valence-corrected chi connectivity index (χ4v) is 4.92. The first-order chi connectivity index (χ1) is 12.0. The number of aryl methyl sites for hydroxylation is 1. The number of halogens is 2. The van der Waals surface area contributed by atoms with Crippen LogP contribution in [0.25, 0.3) is 11.1 Å². The third-order valence-corrected chi connectivity index (χ3v) is 7.39. The van der Waals surface area contributed by atoms with Crippen LogP contribution in [0.3, 0.4) is 0 Å². The first-order valence-corrected chi connectivity index (χ1v) is 10.7. The minimum absolute atomic E-state index is 0.111. The molecule has 2 aromatic rings. The highest BCUT2D eigenvalue weighted by Crippen LogP contribution is 2.46. The maximum atomic E-state index is 13.8. The van der Waals surface area contributed by atoms with Crippen LogP contribution in [0.2, 0.25) is 0 Å². The average Bonchev–Trinajstić information content (AvgIpc) is 2.50. The number of hydrogen-bond donors (Lipinski definition) is 3. The van der Waals surface area contributed by atoms with Crippen LogP contribution in [-0.2, 0) is 21.1 Å². The quantitative estimate of drug-likeness (QED) is 0.480. The van der Waals surface area contributed by atoms with Crippen LogP contribution in [-0.4, -0.2) is 27.7 Å². The van der Waals surface area contributed by atoms with Crippen LogP contribution in [0.1, 0.15) is 18.4 Å². The molecule has 0 amide bonds. The van der Waals surface area contributed by atoms with Gasteiger partial charge in [0, 0.05) is 11.6 Å². The molecule has 2 rings (SSSR count). The zero-order chi connectivity index (χ0) is 19.5. The van der Waals surface area contributed by atoms with E-state index in [1.165, 1.54) is 6.07 Å². The molecule has 10 heteroatoms. The van der Waals surface area contributed by atoms with Gasteiger partial charge in [-0.2, -0.15) is 8.42 Å². The van der Waals surface area contributed by atoms with E-state index >= 15 is 0 Å². The van der Waals surface area contributed by atoms with Crippen LogP contribution in [0.4, 0.5) is 8.78 Å². The molecular formula is C16H17F2O6PS. The molecule has 0 radical (unpaired) electrons. The molecule has 2 aromatic carbocycles. The molecule has 0 bridgehead atoms. The fraction of sp³-hybridized carbons (Fsp3) is 0.250. The van der Waals surface area contributed by atoms with Gasteiger partial charge >= 0.3 is 7.60 Å². The lowest BCUT2D eigenvalue weighted by atomic mass is 10.0. The van der Waals surface area contributed by atoms with E-state index in [2.05, 4.69) is 0 Å². The Bertz CT molecular complexity index is 924. The van der Waals surface area contributed by atoms with E-state index in [9.17, 15) is 21.8 Å². The van der Waals surface area contributed by atoms with Crippen molar-refractivity contribution in [3.05, 3.63) is 59.7 Å². The predicted molar refractivity (Wildman–Crippen MR) is 92.1 cm³/mol. The largest absolute Gasteiger partial charge is 0.346 e. The molecule has 0 saturated heterocycles. The molecule has 0 aliphatic carbocycles. The summed E-state index contributed by atoms with van der Waals surface area (Å²) >= 11 is 0. The SMILES string of the molecule is O=P(O)(O)C(CCCc1ccc(-c2ccc(F)cc2F)cc1)S(=O)(=O)O. The summed E-state index contributed by atoms with van der Waals surface area (Å²) in [4.78, 5) is 15.9. The lowest BCUT2D eigenvalue weighted by Crippen LogP contribution is -2.20. The molecular weight excluding hydrogens is 389 g/mol. The Morgan fingerprint density at radius 3 is 2.15 bits per heavy atom. The van der Waals surface area contributed by atoms with Crippen molar-refractivity contribution in [1.82, 2.24) is 0 Å². The molecule has 26 heavy (non-hydrogen) atoms. The van der Waals surface area contributed by atoms with Crippen LogP contribution in [0.15, 0.2) is 42.5 Å². The van der Waals surface area contributed by atoms with Gasteiger partial charge in [0.15, 0.2) is 4.99 Å². The Morgan fingerprint density at radius 2 is 1.65 bits per heavy atom. The van der Waals surface area contributed by atoms with Crippen molar-refractivity contribution in [3.8, 4) is 11.1 Å². The lowest BCUT2D eigenvalue weighted by molar-refractivity contribution is 0.360. The van der Waals surface area contributed by atoms with E-state index in [1.54, 1.807) is 24.3 Å². The average molecular weight is 406 g/mol. The fourth-order valence-electron chi connectivity index (χ4n) is 2.55. The molecule has 0 fully saturated rings. The van der Waals surface area contributed by atoms with Gasteiger partial charge in [-0.3, -0.25) is 9.12 Å². The molecule has 0 heterocycles. The van der Waals surface area contributed by atoms with Crippen LogP contribution in [0, 0.1) is 11.6 Å². The van der Waals surface area contributed by atoms with E-state index in [0.717, 1.165) is 17.7 Å². The highest BCUT2D eigenvalue weighted by molar-refractivity contribution is 7.93. The number of hydrogen-bond acceptors (Lipinski definition) is 3. The van der Waals surface area contributed by atoms with Crippen molar-refractivity contribution in [1.29, 1.82) is 0 Å². The minimum Gasteiger partial charge on any atom is -0.323 e. The highest BCUT2D eigenvalue weighted by atomic mass is 32.2. The summed E-state index contributed by atoms with van der Waals surface area (Å²) in [7, 11) is -9.85. The van der Waals surface area contributed by atoms with E-state index in [1.807, 2.05) is 0 Å².